The Labute approximate surface area is 212 Å². The van der Waals surface area contributed by atoms with E-state index in [2.05, 4.69) is 15.8 Å². The predicted octanol–water partition coefficient (Wildman–Crippen LogP) is 3.77. The Kier molecular flexibility index (Phi) is 6.97. The number of amides is 3. The minimum Gasteiger partial charge on any atom is -0.368 e. The number of anilines is 1. The summed E-state index contributed by atoms with van der Waals surface area (Å²) in [4.78, 5) is 42.4. The van der Waals surface area contributed by atoms with Crippen molar-refractivity contribution in [2.75, 3.05) is 31.1 Å². The van der Waals surface area contributed by atoms with E-state index in [1.54, 1.807) is 0 Å². The van der Waals surface area contributed by atoms with Gasteiger partial charge < -0.3 is 9.80 Å². The molecule has 1 atom stereocenters. The van der Waals surface area contributed by atoms with Gasteiger partial charge in [0.15, 0.2) is 0 Å². The van der Waals surface area contributed by atoms with Crippen LogP contribution in [-0.2, 0) is 14.4 Å². The monoisotopic (exact) mass is 500 g/mol. The molecule has 8 heteroatoms. The van der Waals surface area contributed by atoms with Crippen molar-refractivity contribution in [2.24, 2.45) is 29.1 Å². The third kappa shape index (κ3) is 5.45. The number of carbonyl (C=O) groups excluding carboxylic acids is 3. The number of benzene rings is 1. The lowest BCUT2D eigenvalue weighted by molar-refractivity contribution is -0.149. The number of hydrogen-bond donors (Lipinski definition) is 2. The second kappa shape index (κ2) is 10.00. The fraction of sp³-hybridized carbons (Fsp3) is 0.667. The highest BCUT2D eigenvalue weighted by Gasteiger charge is 2.54. The van der Waals surface area contributed by atoms with Crippen LogP contribution in [-0.4, -0.2) is 48.8 Å². The van der Waals surface area contributed by atoms with E-state index in [9.17, 15) is 14.4 Å². The van der Waals surface area contributed by atoms with Crippen molar-refractivity contribution in [3.8, 4) is 0 Å². The average molecular weight is 501 g/mol. The largest absolute Gasteiger partial charge is 0.368 e. The average Bonchev–Trinajstić information content (AvgIpc) is 2.81. The van der Waals surface area contributed by atoms with E-state index in [1.165, 1.54) is 19.3 Å². The zero-order valence-corrected chi connectivity index (χ0v) is 21.4. The fourth-order valence-corrected chi connectivity index (χ4v) is 7.59. The van der Waals surface area contributed by atoms with E-state index in [4.69, 9.17) is 11.6 Å². The molecule has 7 nitrogen and oxygen atoms in total. The van der Waals surface area contributed by atoms with E-state index < -0.39 is 0 Å². The van der Waals surface area contributed by atoms with Crippen LogP contribution < -0.4 is 15.8 Å². The van der Waals surface area contributed by atoms with Gasteiger partial charge in [-0.3, -0.25) is 25.2 Å². The minimum atomic E-state index is -0.281. The van der Waals surface area contributed by atoms with Crippen LogP contribution >= 0.6 is 11.6 Å². The molecule has 0 radical (unpaired) electrons. The standard InChI is InChI=1S/C27H37ClN4O3/c1-18(10-25(34)32-7-5-31(6-8-32)23-4-2-3-22(28)14-23)9-24(33)29-30-26(35)27-15-19-11-20(16-27)13-21(12-19)17-27/h2-4,14,18-21H,5-13,15-17H2,1H3,(H,29,33)(H,30,35). The Bertz CT molecular complexity index is 940. The van der Waals surface area contributed by atoms with Crippen LogP contribution in [0.1, 0.15) is 58.3 Å². The van der Waals surface area contributed by atoms with Crippen molar-refractivity contribution in [1.82, 2.24) is 15.8 Å². The first-order chi connectivity index (χ1) is 16.8. The lowest BCUT2D eigenvalue weighted by Gasteiger charge is -2.55. The molecule has 1 heterocycles. The molecule has 6 rings (SSSR count). The van der Waals surface area contributed by atoms with Gasteiger partial charge in [0.05, 0.1) is 5.41 Å². The van der Waals surface area contributed by atoms with Crippen LogP contribution in [0.3, 0.4) is 0 Å². The Morgan fingerprint density at radius 3 is 2.20 bits per heavy atom. The number of hydrogen-bond acceptors (Lipinski definition) is 4. The second-order valence-corrected chi connectivity index (χ2v) is 12.0. The molecule has 4 saturated carbocycles. The first-order valence-corrected chi connectivity index (χ1v) is 13.5. The van der Waals surface area contributed by atoms with E-state index in [1.807, 2.05) is 36.1 Å². The highest BCUT2D eigenvalue weighted by molar-refractivity contribution is 6.30. The van der Waals surface area contributed by atoms with Gasteiger partial charge in [-0.25, -0.2) is 0 Å². The fourth-order valence-electron chi connectivity index (χ4n) is 7.40. The van der Waals surface area contributed by atoms with Crippen molar-refractivity contribution in [3.63, 3.8) is 0 Å². The quantitative estimate of drug-likeness (QED) is 0.582. The first-order valence-electron chi connectivity index (χ1n) is 13.2. The number of piperazine rings is 1. The molecule has 3 amide bonds. The second-order valence-electron chi connectivity index (χ2n) is 11.6. The molecular formula is C27H37ClN4O3. The molecule has 1 aromatic carbocycles. The Morgan fingerprint density at radius 2 is 1.60 bits per heavy atom. The first kappa shape index (κ1) is 24.4. The molecule has 35 heavy (non-hydrogen) atoms. The highest BCUT2D eigenvalue weighted by Crippen LogP contribution is 2.60. The summed E-state index contributed by atoms with van der Waals surface area (Å²) in [6.07, 6.45) is 7.28. The van der Waals surface area contributed by atoms with Crippen molar-refractivity contribution in [1.29, 1.82) is 0 Å². The molecule has 5 aliphatic rings. The molecular weight excluding hydrogens is 464 g/mol. The van der Waals surface area contributed by atoms with Gasteiger partial charge in [-0.15, -0.1) is 0 Å². The van der Waals surface area contributed by atoms with E-state index >= 15 is 0 Å². The van der Waals surface area contributed by atoms with Crippen LogP contribution in [0, 0.1) is 29.1 Å². The molecule has 5 fully saturated rings. The predicted molar refractivity (Wildman–Crippen MR) is 136 cm³/mol. The van der Waals surface area contributed by atoms with Crippen LogP contribution in [0.4, 0.5) is 5.69 Å². The lowest BCUT2D eigenvalue weighted by atomic mass is 9.49. The third-order valence-electron chi connectivity index (χ3n) is 8.70. The van der Waals surface area contributed by atoms with E-state index in [0.717, 1.165) is 38.0 Å². The van der Waals surface area contributed by atoms with Crippen LogP contribution in [0.5, 0.6) is 0 Å². The maximum absolute atomic E-state index is 13.0. The van der Waals surface area contributed by atoms with Crippen molar-refractivity contribution in [2.45, 2.75) is 58.3 Å². The van der Waals surface area contributed by atoms with E-state index in [-0.39, 0.29) is 35.5 Å². The lowest BCUT2D eigenvalue weighted by Crippen LogP contribution is -2.56. The SMILES string of the molecule is CC(CC(=O)NNC(=O)C12CC3CC(CC(C3)C1)C2)CC(=O)N1CCN(c2cccc(Cl)c2)CC1. The maximum atomic E-state index is 13.0. The molecule has 1 saturated heterocycles. The van der Waals surface area contributed by atoms with Crippen molar-refractivity contribution >= 4 is 35.0 Å². The Balaban J connectivity index is 1.03. The van der Waals surface area contributed by atoms with Gasteiger partial charge in [0.1, 0.15) is 0 Å². The van der Waals surface area contributed by atoms with Crippen molar-refractivity contribution in [3.05, 3.63) is 29.3 Å². The van der Waals surface area contributed by atoms with Gasteiger partial charge in [-0.2, -0.15) is 0 Å². The Morgan fingerprint density at radius 1 is 0.971 bits per heavy atom. The summed E-state index contributed by atoms with van der Waals surface area (Å²) >= 11 is 6.10. The molecule has 4 aliphatic carbocycles. The van der Waals surface area contributed by atoms with Crippen LogP contribution in [0.15, 0.2) is 24.3 Å². The summed E-state index contributed by atoms with van der Waals surface area (Å²) in [5, 5.41) is 0.710. The normalized spacial score (nSPS) is 30.2. The van der Waals surface area contributed by atoms with E-state index in [0.29, 0.717) is 42.3 Å². The van der Waals surface area contributed by atoms with Crippen LogP contribution in [0.2, 0.25) is 5.02 Å². The van der Waals surface area contributed by atoms with Gasteiger partial charge in [0.2, 0.25) is 17.7 Å². The van der Waals surface area contributed by atoms with Gasteiger partial charge in [0, 0.05) is 49.7 Å². The maximum Gasteiger partial charge on any atom is 0.244 e. The molecule has 1 aromatic rings. The number of halogens is 1. The third-order valence-corrected chi connectivity index (χ3v) is 8.93. The zero-order valence-electron chi connectivity index (χ0n) is 20.6. The number of rotatable bonds is 6. The molecule has 1 aliphatic heterocycles. The molecule has 4 bridgehead atoms. The van der Waals surface area contributed by atoms with Crippen LogP contribution in [0.25, 0.3) is 0 Å². The summed E-state index contributed by atoms with van der Waals surface area (Å²) in [7, 11) is 0. The zero-order chi connectivity index (χ0) is 24.6. The molecule has 2 N–H and O–H groups in total. The summed E-state index contributed by atoms with van der Waals surface area (Å²) in [6, 6.07) is 7.78. The number of nitrogens with one attached hydrogen (secondary N) is 2. The summed E-state index contributed by atoms with van der Waals surface area (Å²) in [5.41, 5.74) is 6.17. The number of hydrazine groups is 1. The number of carbonyl (C=O) groups is 3. The van der Waals surface area contributed by atoms with Gasteiger partial charge in [0.25, 0.3) is 0 Å². The smallest absolute Gasteiger partial charge is 0.244 e. The molecule has 1 unspecified atom stereocenters. The molecule has 190 valence electrons. The summed E-state index contributed by atoms with van der Waals surface area (Å²) in [6.45, 7) is 4.76. The highest BCUT2D eigenvalue weighted by atomic mass is 35.5. The molecule has 0 aromatic heterocycles. The van der Waals surface area contributed by atoms with Crippen molar-refractivity contribution < 1.29 is 14.4 Å². The molecule has 0 spiro atoms. The minimum absolute atomic E-state index is 0.00810. The number of nitrogens with zero attached hydrogens (tertiary/aromatic N) is 2. The summed E-state index contributed by atoms with van der Waals surface area (Å²) < 4.78 is 0. The van der Waals surface area contributed by atoms with Gasteiger partial charge in [-0.1, -0.05) is 24.6 Å². The topological polar surface area (TPSA) is 81.8 Å². The van der Waals surface area contributed by atoms with Gasteiger partial charge >= 0.3 is 0 Å². The summed E-state index contributed by atoms with van der Waals surface area (Å²) in [5.74, 6) is 1.79. The Hall–Kier alpha value is -2.28. The van der Waals surface area contributed by atoms with Gasteiger partial charge in [-0.05, 0) is 80.4 Å².